The number of halogens is 1. The third-order valence-corrected chi connectivity index (χ3v) is 2.73. The van der Waals surface area contributed by atoms with E-state index in [0.29, 0.717) is 11.1 Å². The zero-order valence-corrected chi connectivity index (χ0v) is 11.5. The van der Waals surface area contributed by atoms with Gasteiger partial charge >= 0.3 is 0 Å². The maximum absolute atomic E-state index is 13.9. The lowest BCUT2D eigenvalue weighted by molar-refractivity contribution is 0.102. The smallest absolute Gasteiger partial charge is 0.257 e. The van der Waals surface area contributed by atoms with Crippen LogP contribution in [0.4, 0.5) is 10.1 Å². The lowest BCUT2D eigenvalue weighted by Gasteiger charge is -2.06. The number of aromatic nitrogens is 1. The van der Waals surface area contributed by atoms with Gasteiger partial charge in [0.25, 0.3) is 5.91 Å². The number of rotatable bonds is 2. The van der Waals surface area contributed by atoms with Gasteiger partial charge in [0.1, 0.15) is 5.82 Å². The van der Waals surface area contributed by atoms with E-state index in [1.807, 2.05) is 6.92 Å². The fraction of sp³-hybridized carbons (Fsp3) is 0.125. The van der Waals surface area contributed by atoms with Crippen molar-refractivity contribution in [1.29, 1.82) is 0 Å². The van der Waals surface area contributed by atoms with Gasteiger partial charge in [0.05, 0.1) is 17.8 Å². The van der Waals surface area contributed by atoms with Crippen molar-refractivity contribution in [3.63, 3.8) is 0 Å². The number of anilines is 1. The SMILES string of the molecule is Cc1ccc(C(=O)Nc2ccc(C#CCN)cc2F)cn1. The summed E-state index contributed by atoms with van der Waals surface area (Å²) >= 11 is 0. The van der Waals surface area contributed by atoms with Gasteiger partial charge in [-0.05, 0) is 37.3 Å². The average molecular weight is 283 g/mol. The van der Waals surface area contributed by atoms with Gasteiger partial charge in [0.15, 0.2) is 0 Å². The molecule has 21 heavy (non-hydrogen) atoms. The van der Waals surface area contributed by atoms with E-state index in [9.17, 15) is 9.18 Å². The summed E-state index contributed by atoms with van der Waals surface area (Å²) in [6, 6.07) is 7.70. The highest BCUT2D eigenvalue weighted by Crippen LogP contribution is 2.16. The van der Waals surface area contributed by atoms with Gasteiger partial charge < -0.3 is 11.1 Å². The summed E-state index contributed by atoms with van der Waals surface area (Å²) in [6.45, 7) is 2.03. The van der Waals surface area contributed by atoms with E-state index >= 15 is 0 Å². The second kappa shape index (κ2) is 6.64. The fourth-order valence-corrected chi connectivity index (χ4v) is 1.64. The molecule has 4 nitrogen and oxygen atoms in total. The summed E-state index contributed by atoms with van der Waals surface area (Å²) in [5.41, 5.74) is 7.03. The monoisotopic (exact) mass is 283 g/mol. The number of aryl methyl sites for hydroxylation is 1. The minimum absolute atomic E-state index is 0.0962. The quantitative estimate of drug-likeness (QED) is 0.829. The molecule has 106 valence electrons. The zero-order valence-electron chi connectivity index (χ0n) is 11.5. The van der Waals surface area contributed by atoms with Gasteiger partial charge in [0.2, 0.25) is 0 Å². The highest BCUT2D eigenvalue weighted by molar-refractivity contribution is 6.04. The Bertz CT molecular complexity index is 715. The molecule has 1 aromatic carbocycles. The first-order valence-corrected chi connectivity index (χ1v) is 6.32. The van der Waals surface area contributed by atoms with Crippen LogP contribution < -0.4 is 11.1 Å². The van der Waals surface area contributed by atoms with Crippen molar-refractivity contribution >= 4 is 11.6 Å². The Balaban J connectivity index is 2.16. The molecular formula is C16H14FN3O. The molecule has 0 saturated heterocycles. The maximum Gasteiger partial charge on any atom is 0.257 e. The van der Waals surface area contributed by atoms with Crippen molar-refractivity contribution in [2.24, 2.45) is 5.73 Å². The number of nitrogens with two attached hydrogens (primary N) is 1. The van der Waals surface area contributed by atoms with Crippen molar-refractivity contribution < 1.29 is 9.18 Å². The van der Waals surface area contributed by atoms with Crippen LogP contribution in [0.2, 0.25) is 0 Å². The molecule has 2 rings (SSSR count). The van der Waals surface area contributed by atoms with E-state index in [1.54, 1.807) is 18.2 Å². The molecule has 0 atom stereocenters. The molecule has 0 aliphatic rings. The molecular weight excluding hydrogens is 269 g/mol. The first-order chi connectivity index (χ1) is 10.1. The number of hydrogen-bond acceptors (Lipinski definition) is 3. The largest absolute Gasteiger partial charge is 0.320 e. The van der Waals surface area contributed by atoms with Crippen LogP contribution in [0.25, 0.3) is 0 Å². The third-order valence-electron chi connectivity index (χ3n) is 2.73. The molecule has 1 aromatic heterocycles. The van der Waals surface area contributed by atoms with E-state index < -0.39 is 11.7 Å². The van der Waals surface area contributed by atoms with Crippen LogP contribution in [0.1, 0.15) is 21.6 Å². The van der Waals surface area contributed by atoms with Crippen molar-refractivity contribution in [3.05, 3.63) is 59.2 Å². The molecule has 0 unspecified atom stereocenters. The predicted octanol–water partition coefficient (Wildman–Crippen LogP) is 2.09. The van der Waals surface area contributed by atoms with Crippen molar-refractivity contribution in [2.45, 2.75) is 6.92 Å². The maximum atomic E-state index is 13.9. The normalized spacial score (nSPS) is 9.67. The van der Waals surface area contributed by atoms with Crippen LogP contribution >= 0.6 is 0 Å². The number of carbonyl (C=O) groups excluding carboxylic acids is 1. The molecule has 2 aromatic rings. The Kier molecular flexibility index (Phi) is 4.64. The van der Waals surface area contributed by atoms with Crippen LogP contribution in [0, 0.1) is 24.6 Å². The van der Waals surface area contributed by atoms with Crippen LogP contribution in [0.15, 0.2) is 36.5 Å². The van der Waals surface area contributed by atoms with Gasteiger partial charge in [-0.3, -0.25) is 9.78 Å². The molecule has 0 radical (unpaired) electrons. The predicted molar refractivity (Wildman–Crippen MR) is 79.3 cm³/mol. The summed E-state index contributed by atoms with van der Waals surface area (Å²) < 4.78 is 13.9. The average Bonchev–Trinajstić information content (AvgIpc) is 2.48. The van der Waals surface area contributed by atoms with Crippen LogP contribution in [0.5, 0.6) is 0 Å². The lowest BCUT2D eigenvalue weighted by Crippen LogP contribution is -2.13. The van der Waals surface area contributed by atoms with Gasteiger partial charge in [-0.1, -0.05) is 11.8 Å². The zero-order chi connectivity index (χ0) is 15.2. The summed E-state index contributed by atoms with van der Waals surface area (Å²) in [7, 11) is 0. The highest BCUT2D eigenvalue weighted by atomic mass is 19.1. The van der Waals surface area contributed by atoms with Gasteiger partial charge in [-0.2, -0.15) is 0 Å². The Labute approximate surface area is 122 Å². The fourth-order valence-electron chi connectivity index (χ4n) is 1.64. The van der Waals surface area contributed by atoms with Gasteiger partial charge in [-0.15, -0.1) is 0 Å². The van der Waals surface area contributed by atoms with Crippen LogP contribution in [-0.2, 0) is 0 Å². The van der Waals surface area contributed by atoms with Crippen molar-refractivity contribution in [2.75, 3.05) is 11.9 Å². The Hall–Kier alpha value is -2.71. The molecule has 0 aliphatic carbocycles. The van der Waals surface area contributed by atoms with Crippen LogP contribution in [0.3, 0.4) is 0 Å². The second-order valence-electron chi connectivity index (χ2n) is 4.34. The molecule has 3 N–H and O–H groups in total. The standard InChI is InChI=1S/C16H14FN3O/c1-11-4-6-13(10-19-11)16(21)20-15-7-5-12(3-2-8-18)9-14(15)17/h4-7,9-10H,8,18H2,1H3,(H,20,21). The van der Waals surface area contributed by atoms with Gasteiger partial charge in [-0.25, -0.2) is 4.39 Å². The minimum Gasteiger partial charge on any atom is -0.320 e. The number of amides is 1. The summed E-state index contributed by atoms with van der Waals surface area (Å²) in [5, 5.41) is 2.50. The van der Waals surface area contributed by atoms with Gasteiger partial charge in [0, 0.05) is 17.5 Å². The molecule has 1 heterocycles. The minimum atomic E-state index is -0.549. The molecule has 0 bridgehead atoms. The number of benzene rings is 1. The Morgan fingerprint density at radius 2 is 2.19 bits per heavy atom. The summed E-state index contributed by atoms with van der Waals surface area (Å²) in [5.74, 6) is 4.40. The highest BCUT2D eigenvalue weighted by Gasteiger charge is 2.09. The molecule has 1 amide bonds. The molecule has 0 saturated carbocycles. The van der Waals surface area contributed by atoms with E-state index in [2.05, 4.69) is 22.1 Å². The van der Waals surface area contributed by atoms with E-state index in [0.717, 1.165) is 5.69 Å². The van der Waals surface area contributed by atoms with Crippen LogP contribution in [-0.4, -0.2) is 17.4 Å². The molecule has 5 heteroatoms. The number of carbonyl (C=O) groups is 1. The number of nitrogens with one attached hydrogen (secondary N) is 1. The second-order valence-corrected chi connectivity index (χ2v) is 4.34. The molecule has 0 fully saturated rings. The summed E-state index contributed by atoms with van der Waals surface area (Å²) in [4.78, 5) is 16.0. The number of hydrogen-bond donors (Lipinski definition) is 2. The number of pyridine rings is 1. The topological polar surface area (TPSA) is 68.0 Å². The van der Waals surface area contributed by atoms with E-state index in [4.69, 9.17) is 5.73 Å². The Morgan fingerprint density at radius 3 is 2.81 bits per heavy atom. The first-order valence-electron chi connectivity index (χ1n) is 6.32. The third kappa shape index (κ3) is 3.88. The van der Waals surface area contributed by atoms with Crippen molar-refractivity contribution in [3.8, 4) is 11.8 Å². The lowest BCUT2D eigenvalue weighted by atomic mass is 10.2. The van der Waals surface area contributed by atoms with Crippen molar-refractivity contribution in [1.82, 2.24) is 4.98 Å². The molecule has 0 aliphatic heterocycles. The molecule has 0 spiro atoms. The van der Waals surface area contributed by atoms with E-state index in [-0.39, 0.29) is 12.2 Å². The summed E-state index contributed by atoms with van der Waals surface area (Å²) in [6.07, 6.45) is 1.45. The van der Waals surface area contributed by atoms with E-state index in [1.165, 1.54) is 18.3 Å². The first kappa shape index (κ1) is 14.7. The Morgan fingerprint density at radius 1 is 1.38 bits per heavy atom. The number of nitrogens with zero attached hydrogens (tertiary/aromatic N) is 1.